The standard InChI is InChI=1S/C19H21BrN2O2/c1-14(16-7-4-3-5-8-16)21-19(24)11-12-22(15(2)23)18-10-6-9-17(20)13-18/h3-10,13-14H,11-12H2,1-2H3,(H,21,24). The highest BCUT2D eigenvalue weighted by molar-refractivity contribution is 9.10. The molecule has 0 aliphatic heterocycles. The van der Waals surface area contributed by atoms with E-state index in [4.69, 9.17) is 0 Å². The fraction of sp³-hybridized carbons (Fsp3) is 0.263. The largest absolute Gasteiger partial charge is 0.350 e. The van der Waals surface area contributed by atoms with Gasteiger partial charge in [-0.15, -0.1) is 0 Å². The Morgan fingerprint density at radius 3 is 2.46 bits per heavy atom. The van der Waals surface area contributed by atoms with Crippen molar-refractivity contribution in [2.45, 2.75) is 26.3 Å². The van der Waals surface area contributed by atoms with Gasteiger partial charge in [-0.1, -0.05) is 52.3 Å². The Morgan fingerprint density at radius 2 is 1.83 bits per heavy atom. The molecule has 1 N–H and O–H groups in total. The molecule has 2 rings (SSSR count). The van der Waals surface area contributed by atoms with Crippen molar-refractivity contribution in [3.63, 3.8) is 0 Å². The first-order valence-corrected chi connectivity index (χ1v) is 8.64. The van der Waals surface area contributed by atoms with E-state index in [1.54, 1.807) is 4.90 Å². The molecule has 0 bridgehead atoms. The Morgan fingerprint density at radius 1 is 1.12 bits per heavy atom. The van der Waals surface area contributed by atoms with Gasteiger partial charge in [-0.3, -0.25) is 9.59 Å². The highest BCUT2D eigenvalue weighted by Gasteiger charge is 2.15. The maximum atomic E-state index is 12.2. The van der Waals surface area contributed by atoms with E-state index in [-0.39, 0.29) is 24.3 Å². The molecule has 0 spiro atoms. The second kappa shape index (κ2) is 8.64. The van der Waals surface area contributed by atoms with Gasteiger partial charge < -0.3 is 10.2 Å². The molecule has 0 fully saturated rings. The molecule has 0 aliphatic carbocycles. The Hall–Kier alpha value is -2.14. The van der Waals surface area contributed by atoms with Crippen LogP contribution in [0.4, 0.5) is 5.69 Å². The molecule has 4 nitrogen and oxygen atoms in total. The number of amides is 2. The minimum atomic E-state index is -0.0861. The molecule has 0 saturated heterocycles. The van der Waals surface area contributed by atoms with E-state index in [9.17, 15) is 9.59 Å². The molecule has 0 aromatic heterocycles. The van der Waals surface area contributed by atoms with E-state index in [1.165, 1.54) is 6.92 Å². The first-order chi connectivity index (χ1) is 11.5. The van der Waals surface area contributed by atoms with Gasteiger partial charge in [-0.2, -0.15) is 0 Å². The van der Waals surface area contributed by atoms with E-state index in [2.05, 4.69) is 21.2 Å². The van der Waals surface area contributed by atoms with Crippen molar-refractivity contribution in [3.05, 3.63) is 64.6 Å². The SMILES string of the molecule is CC(=O)N(CCC(=O)NC(C)c1ccccc1)c1cccc(Br)c1. The average molecular weight is 389 g/mol. The van der Waals surface area contributed by atoms with E-state index < -0.39 is 0 Å². The van der Waals surface area contributed by atoms with Gasteiger partial charge in [0.15, 0.2) is 0 Å². The fourth-order valence-corrected chi connectivity index (χ4v) is 2.85. The summed E-state index contributed by atoms with van der Waals surface area (Å²) in [5.74, 6) is -0.162. The zero-order valence-corrected chi connectivity index (χ0v) is 15.4. The smallest absolute Gasteiger partial charge is 0.223 e. The minimum Gasteiger partial charge on any atom is -0.350 e. The van der Waals surface area contributed by atoms with Crippen LogP contribution in [0, 0.1) is 0 Å². The van der Waals surface area contributed by atoms with Gasteiger partial charge in [0.1, 0.15) is 0 Å². The Kier molecular flexibility index (Phi) is 6.55. The fourth-order valence-electron chi connectivity index (χ4n) is 2.46. The summed E-state index contributed by atoms with van der Waals surface area (Å²) in [6.45, 7) is 3.80. The number of nitrogens with one attached hydrogen (secondary N) is 1. The predicted octanol–water partition coefficient (Wildman–Crippen LogP) is 4.07. The molecule has 1 atom stereocenters. The third-order valence-electron chi connectivity index (χ3n) is 3.74. The summed E-state index contributed by atoms with van der Waals surface area (Å²) in [6, 6.07) is 17.2. The van der Waals surface area contributed by atoms with Crippen LogP contribution in [0.25, 0.3) is 0 Å². The number of rotatable bonds is 6. The minimum absolute atomic E-state index is 0.0599. The predicted molar refractivity (Wildman–Crippen MR) is 99.8 cm³/mol. The van der Waals surface area contributed by atoms with Crippen LogP contribution >= 0.6 is 15.9 Å². The number of carbonyl (C=O) groups excluding carboxylic acids is 2. The molecular formula is C19H21BrN2O2. The van der Waals surface area contributed by atoms with Gasteiger partial charge in [0, 0.05) is 30.0 Å². The van der Waals surface area contributed by atoms with Gasteiger partial charge >= 0.3 is 0 Å². The van der Waals surface area contributed by atoms with Gasteiger partial charge in [-0.05, 0) is 30.7 Å². The van der Waals surface area contributed by atoms with Crippen molar-refractivity contribution >= 4 is 33.4 Å². The van der Waals surface area contributed by atoms with Crippen molar-refractivity contribution in [2.75, 3.05) is 11.4 Å². The normalized spacial score (nSPS) is 11.6. The molecule has 0 aliphatic rings. The van der Waals surface area contributed by atoms with Gasteiger partial charge in [0.2, 0.25) is 11.8 Å². The zero-order chi connectivity index (χ0) is 17.5. The van der Waals surface area contributed by atoms with E-state index >= 15 is 0 Å². The number of halogens is 1. The molecule has 126 valence electrons. The second-order valence-corrected chi connectivity index (χ2v) is 6.52. The van der Waals surface area contributed by atoms with Crippen molar-refractivity contribution in [1.29, 1.82) is 0 Å². The van der Waals surface area contributed by atoms with Gasteiger partial charge in [0.05, 0.1) is 6.04 Å². The third-order valence-corrected chi connectivity index (χ3v) is 4.23. The van der Waals surface area contributed by atoms with Gasteiger partial charge in [0.25, 0.3) is 0 Å². The first kappa shape index (κ1) is 18.2. The first-order valence-electron chi connectivity index (χ1n) is 7.85. The maximum absolute atomic E-state index is 12.2. The quantitative estimate of drug-likeness (QED) is 0.810. The third kappa shape index (κ3) is 5.20. The van der Waals surface area contributed by atoms with E-state index in [0.717, 1.165) is 15.7 Å². The van der Waals surface area contributed by atoms with E-state index in [1.807, 2.05) is 61.5 Å². The van der Waals surface area contributed by atoms with Crippen LogP contribution in [0.2, 0.25) is 0 Å². The summed E-state index contributed by atoms with van der Waals surface area (Å²) in [5, 5.41) is 2.97. The lowest BCUT2D eigenvalue weighted by atomic mass is 10.1. The highest BCUT2D eigenvalue weighted by Crippen LogP contribution is 2.20. The molecular weight excluding hydrogens is 368 g/mol. The lowest BCUT2D eigenvalue weighted by Crippen LogP contribution is -2.34. The highest BCUT2D eigenvalue weighted by atomic mass is 79.9. The topological polar surface area (TPSA) is 49.4 Å². The lowest BCUT2D eigenvalue weighted by Gasteiger charge is -2.22. The molecule has 0 heterocycles. The van der Waals surface area contributed by atoms with Crippen LogP contribution < -0.4 is 10.2 Å². The molecule has 2 aromatic rings. The van der Waals surface area contributed by atoms with Crippen molar-refractivity contribution in [2.24, 2.45) is 0 Å². The van der Waals surface area contributed by atoms with Gasteiger partial charge in [-0.25, -0.2) is 0 Å². The van der Waals surface area contributed by atoms with Crippen LogP contribution in [-0.4, -0.2) is 18.4 Å². The summed E-state index contributed by atoms with van der Waals surface area (Å²) in [4.78, 5) is 25.7. The Bertz CT molecular complexity index is 704. The summed E-state index contributed by atoms with van der Waals surface area (Å²) >= 11 is 3.40. The number of nitrogens with zero attached hydrogens (tertiary/aromatic N) is 1. The van der Waals surface area contributed by atoms with Crippen LogP contribution in [0.15, 0.2) is 59.1 Å². The molecule has 24 heavy (non-hydrogen) atoms. The molecule has 0 saturated carbocycles. The lowest BCUT2D eigenvalue weighted by molar-refractivity contribution is -0.121. The van der Waals surface area contributed by atoms with Crippen LogP contribution in [0.3, 0.4) is 0 Å². The number of hydrogen-bond acceptors (Lipinski definition) is 2. The monoisotopic (exact) mass is 388 g/mol. The van der Waals surface area contributed by atoms with Crippen molar-refractivity contribution < 1.29 is 9.59 Å². The molecule has 1 unspecified atom stereocenters. The average Bonchev–Trinajstić information content (AvgIpc) is 2.55. The maximum Gasteiger partial charge on any atom is 0.223 e. The second-order valence-electron chi connectivity index (χ2n) is 5.60. The zero-order valence-electron chi connectivity index (χ0n) is 13.8. The molecule has 2 amide bonds. The van der Waals surface area contributed by atoms with Crippen LogP contribution in [0.5, 0.6) is 0 Å². The summed E-state index contributed by atoms with van der Waals surface area (Å²) in [7, 11) is 0. The molecule has 0 radical (unpaired) electrons. The number of carbonyl (C=O) groups is 2. The number of hydrogen-bond donors (Lipinski definition) is 1. The van der Waals surface area contributed by atoms with E-state index in [0.29, 0.717) is 6.54 Å². The molecule has 2 aromatic carbocycles. The summed E-state index contributed by atoms with van der Waals surface area (Å²) < 4.78 is 0.897. The van der Waals surface area contributed by atoms with Crippen molar-refractivity contribution in [3.8, 4) is 0 Å². The Balaban J connectivity index is 1.94. The number of anilines is 1. The summed E-state index contributed by atoms with van der Waals surface area (Å²) in [6.07, 6.45) is 0.253. The number of benzene rings is 2. The summed E-state index contributed by atoms with van der Waals surface area (Å²) in [5.41, 5.74) is 1.84. The van der Waals surface area contributed by atoms with Crippen LogP contribution in [0.1, 0.15) is 31.9 Å². The molecule has 5 heteroatoms. The van der Waals surface area contributed by atoms with Crippen molar-refractivity contribution in [1.82, 2.24) is 5.32 Å². The Labute approximate surface area is 151 Å². The van der Waals surface area contributed by atoms with Crippen LogP contribution in [-0.2, 0) is 9.59 Å².